The largest absolute Gasteiger partial charge is 0.372 e. The highest BCUT2D eigenvalue weighted by Crippen LogP contribution is 2.29. The Hall–Kier alpha value is -1.95. The van der Waals surface area contributed by atoms with Gasteiger partial charge in [0, 0.05) is 11.7 Å². The maximum absolute atomic E-state index is 13.0. The molecule has 0 radical (unpaired) electrons. The van der Waals surface area contributed by atoms with E-state index in [0.29, 0.717) is 17.4 Å². The fourth-order valence-corrected chi connectivity index (χ4v) is 2.44. The highest BCUT2D eigenvalue weighted by atomic mass is 32.1. The molecule has 6 heteroatoms. The van der Waals surface area contributed by atoms with Gasteiger partial charge in [-0.25, -0.2) is 9.37 Å². The van der Waals surface area contributed by atoms with Crippen LogP contribution < -0.4 is 10.6 Å². The lowest BCUT2D eigenvalue weighted by Crippen LogP contribution is -2.15. The van der Waals surface area contributed by atoms with E-state index < -0.39 is 0 Å². The van der Waals surface area contributed by atoms with Gasteiger partial charge in [0.1, 0.15) is 10.8 Å². The van der Waals surface area contributed by atoms with Gasteiger partial charge in [-0.05, 0) is 31.0 Å². The van der Waals surface area contributed by atoms with Crippen LogP contribution >= 0.6 is 11.3 Å². The molecule has 0 unspecified atom stereocenters. The smallest absolute Gasteiger partial charge is 0.277 e. The van der Waals surface area contributed by atoms with Gasteiger partial charge >= 0.3 is 0 Å². The van der Waals surface area contributed by atoms with Gasteiger partial charge in [0.25, 0.3) is 5.91 Å². The zero-order chi connectivity index (χ0) is 13.2. The average Bonchev–Trinajstić information content (AvgIpc) is 3.05. The van der Waals surface area contributed by atoms with Crippen LogP contribution in [0.15, 0.2) is 29.8 Å². The standard InChI is InChI=1S/C13H12FN3OS/c14-8-2-1-3-10(6-8)16-12(18)11-13(19-7-15-11)17-9-4-5-9/h1-3,6-7,9,17H,4-5H2,(H,16,18). The van der Waals surface area contributed by atoms with Gasteiger partial charge in [0.2, 0.25) is 0 Å². The van der Waals surface area contributed by atoms with Gasteiger partial charge < -0.3 is 10.6 Å². The Bertz CT molecular complexity index is 609. The Balaban J connectivity index is 1.74. The van der Waals surface area contributed by atoms with Crippen molar-refractivity contribution in [3.05, 3.63) is 41.3 Å². The van der Waals surface area contributed by atoms with Crippen molar-refractivity contribution >= 4 is 27.9 Å². The van der Waals surface area contributed by atoms with E-state index in [9.17, 15) is 9.18 Å². The third kappa shape index (κ3) is 2.90. The van der Waals surface area contributed by atoms with Crippen LogP contribution in [0.4, 0.5) is 15.1 Å². The first-order valence-corrected chi connectivity index (χ1v) is 6.87. The molecule has 0 aliphatic heterocycles. The first-order valence-electron chi connectivity index (χ1n) is 5.99. The number of aromatic nitrogens is 1. The molecule has 1 amide bonds. The first kappa shape index (κ1) is 12.1. The van der Waals surface area contributed by atoms with Crippen molar-refractivity contribution in [2.75, 3.05) is 10.6 Å². The third-order valence-corrected chi connectivity index (χ3v) is 3.54. The van der Waals surface area contributed by atoms with E-state index in [4.69, 9.17) is 0 Å². The topological polar surface area (TPSA) is 54.0 Å². The number of hydrogen-bond acceptors (Lipinski definition) is 4. The summed E-state index contributed by atoms with van der Waals surface area (Å²) in [4.78, 5) is 16.1. The summed E-state index contributed by atoms with van der Waals surface area (Å²) in [6.07, 6.45) is 2.26. The summed E-state index contributed by atoms with van der Waals surface area (Å²) < 4.78 is 13.0. The van der Waals surface area contributed by atoms with E-state index in [2.05, 4.69) is 15.6 Å². The van der Waals surface area contributed by atoms with Gasteiger partial charge in [0.15, 0.2) is 5.69 Å². The fourth-order valence-electron chi connectivity index (χ4n) is 1.68. The molecule has 1 heterocycles. The zero-order valence-electron chi connectivity index (χ0n) is 10.0. The first-order chi connectivity index (χ1) is 9.22. The number of benzene rings is 1. The van der Waals surface area contributed by atoms with Crippen molar-refractivity contribution in [3.63, 3.8) is 0 Å². The maximum Gasteiger partial charge on any atom is 0.277 e. The van der Waals surface area contributed by atoms with E-state index in [1.54, 1.807) is 17.6 Å². The van der Waals surface area contributed by atoms with Crippen molar-refractivity contribution in [1.29, 1.82) is 0 Å². The minimum atomic E-state index is -0.382. The predicted molar refractivity (Wildman–Crippen MR) is 73.1 cm³/mol. The molecule has 1 aromatic heterocycles. The van der Waals surface area contributed by atoms with Gasteiger partial charge in [-0.1, -0.05) is 6.07 Å². The van der Waals surface area contributed by atoms with Crippen LogP contribution in [-0.2, 0) is 0 Å². The van der Waals surface area contributed by atoms with E-state index in [-0.39, 0.29) is 11.7 Å². The molecule has 1 fully saturated rings. The summed E-state index contributed by atoms with van der Waals surface area (Å²) >= 11 is 1.40. The van der Waals surface area contributed by atoms with Crippen LogP contribution in [0.2, 0.25) is 0 Å². The molecular weight excluding hydrogens is 265 g/mol. The lowest BCUT2D eigenvalue weighted by molar-refractivity contribution is 0.102. The number of rotatable bonds is 4. The number of anilines is 2. The molecule has 0 saturated heterocycles. The number of halogens is 1. The van der Waals surface area contributed by atoms with Crippen LogP contribution in [0.3, 0.4) is 0 Å². The highest BCUT2D eigenvalue weighted by Gasteiger charge is 2.24. The summed E-state index contributed by atoms with van der Waals surface area (Å²) in [5.74, 6) is -0.706. The molecular formula is C13H12FN3OS. The molecule has 19 heavy (non-hydrogen) atoms. The number of thiazole rings is 1. The molecule has 0 spiro atoms. The molecule has 1 saturated carbocycles. The summed E-state index contributed by atoms with van der Waals surface area (Å²) in [5.41, 5.74) is 2.42. The summed E-state index contributed by atoms with van der Waals surface area (Å²) in [5, 5.41) is 6.68. The third-order valence-electron chi connectivity index (χ3n) is 2.78. The van der Waals surface area contributed by atoms with Crippen molar-refractivity contribution in [2.45, 2.75) is 18.9 Å². The zero-order valence-corrected chi connectivity index (χ0v) is 10.8. The van der Waals surface area contributed by atoms with Crippen molar-refractivity contribution in [1.82, 2.24) is 4.98 Å². The van der Waals surface area contributed by atoms with Crippen molar-refractivity contribution < 1.29 is 9.18 Å². The molecule has 1 aliphatic rings. The molecule has 0 bridgehead atoms. The highest BCUT2D eigenvalue weighted by molar-refractivity contribution is 7.14. The van der Waals surface area contributed by atoms with E-state index in [0.717, 1.165) is 17.8 Å². The number of nitrogens with one attached hydrogen (secondary N) is 2. The van der Waals surface area contributed by atoms with Crippen LogP contribution in [0, 0.1) is 5.82 Å². The quantitative estimate of drug-likeness (QED) is 0.903. The summed E-state index contributed by atoms with van der Waals surface area (Å²) in [6.45, 7) is 0. The molecule has 0 atom stereocenters. The predicted octanol–water partition coefficient (Wildman–Crippen LogP) is 3.11. The normalized spacial score (nSPS) is 14.2. The Morgan fingerprint density at radius 2 is 2.26 bits per heavy atom. The minimum Gasteiger partial charge on any atom is -0.372 e. The molecule has 1 aliphatic carbocycles. The molecule has 2 N–H and O–H groups in total. The Morgan fingerprint density at radius 3 is 3.00 bits per heavy atom. The van der Waals surface area contributed by atoms with E-state index in [1.165, 1.54) is 23.5 Å². The molecule has 4 nitrogen and oxygen atoms in total. The van der Waals surface area contributed by atoms with E-state index >= 15 is 0 Å². The summed E-state index contributed by atoms with van der Waals surface area (Å²) in [6, 6.07) is 6.26. The van der Waals surface area contributed by atoms with Gasteiger partial charge in [-0.2, -0.15) is 0 Å². The monoisotopic (exact) mass is 277 g/mol. The molecule has 3 rings (SSSR count). The van der Waals surface area contributed by atoms with Gasteiger partial charge in [0.05, 0.1) is 5.51 Å². The Morgan fingerprint density at radius 1 is 1.42 bits per heavy atom. The maximum atomic E-state index is 13.0. The SMILES string of the molecule is O=C(Nc1cccc(F)c1)c1ncsc1NC1CC1. The lowest BCUT2D eigenvalue weighted by Gasteiger charge is -2.06. The molecule has 98 valence electrons. The number of carbonyl (C=O) groups excluding carboxylic acids is 1. The second-order valence-corrected chi connectivity index (χ2v) is 5.27. The van der Waals surface area contributed by atoms with Crippen LogP contribution in [-0.4, -0.2) is 16.9 Å². The van der Waals surface area contributed by atoms with Crippen LogP contribution in [0.5, 0.6) is 0 Å². The number of carbonyl (C=O) groups is 1. The van der Waals surface area contributed by atoms with Crippen molar-refractivity contribution in [2.24, 2.45) is 0 Å². The van der Waals surface area contributed by atoms with E-state index in [1.807, 2.05) is 0 Å². The Kier molecular flexibility index (Phi) is 3.16. The van der Waals surface area contributed by atoms with Crippen LogP contribution in [0.1, 0.15) is 23.3 Å². The van der Waals surface area contributed by atoms with Gasteiger partial charge in [-0.15, -0.1) is 11.3 Å². The number of amides is 1. The Labute approximate surface area is 113 Å². The average molecular weight is 277 g/mol. The van der Waals surface area contributed by atoms with Crippen LogP contribution in [0.25, 0.3) is 0 Å². The minimum absolute atomic E-state index is 0.324. The number of hydrogen-bond donors (Lipinski definition) is 2. The second kappa shape index (κ2) is 4.97. The van der Waals surface area contributed by atoms with Gasteiger partial charge in [-0.3, -0.25) is 4.79 Å². The van der Waals surface area contributed by atoms with Crippen molar-refractivity contribution in [3.8, 4) is 0 Å². The second-order valence-electron chi connectivity index (χ2n) is 4.41. The fraction of sp³-hybridized carbons (Fsp3) is 0.231. The molecule has 2 aromatic rings. The summed E-state index contributed by atoms with van der Waals surface area (Å²) in [7, 11) is 0. The lowest BCUT2D eigenvalue weighted by atomic mass is 10.3. The number of nitrogens with zero attached hydrogens (tertiary/aromatic N) is 1. The molecule has 1 aromatic carbocycles.